The maximum atomic E-state index is 9.21. The van der Waals surface area contributed by atoms with Crippen LogP contribution in [-0.2, 0) is 0 Å². The molecule has 0 amide bonds. The summed E-state index contributed by atoms with van der Waals surface area (Å²) in [6.07, 6.45) is 0.946. The molecule has 4 atom stereocenters. The number of aliphatic hydroxyl groups excluding tert-OH is 1. The Hall–Kier alpha value is -0.120. The Balaban J connectivity index is 2.37. The van der Waals surface area contributed by atoms with Gasteiger partial charge in [0.25, 0.3) is 0 Å². The van der Waals surface area contributed by atoms with Gasteiger partial charge in [0.15, 0.2) is 0 Å². The fourth-order valence-corrected chi connectivity index (χ4v) is 2.15. The van der Waals surface area contributed by atoms with E-state index >= 15 is 0 Å². The lowest BCUT2D eigenvalue weighted by Crippen LogP contribution is -2.51. The fraction of sp³-hybridized carbons (Fsp3) is 1.00. The normalized spacial score (nSPS) is 37.1. The second-order valence-corrected chi connectivity index (χ2v) is 4.87. The molecule has 0 spiro atoms. The molecule has 0 saturated carbocycles. The molecule has 0 aromatic heterocycles. The van der Waals surface area contributed by atoms with Gasteiger partial charge < -0.3 is 15.3 Å². The van der Waals surface area contributed by atoms with Gasteiger partial charge in [-0.3, -0.25) is 0 Å². The number of aliphatic hydroxyl groups is 1. The monoisotopic (exact) mass is 200 g/mol. The molecule has 14 heavy (non-hydrogen) atoms. The Bertz CT molecular complexity index is 173. The standard InChI is InChI=1S/C11H24N2O/c1-8-7-13(4)9(2)5-11(8)12-6-10(3)14/h8-12,14H,5-7H2,1-4H3/t8-,9-,10+,11-/m1/s1. The van der Waals surface area contributed by atoms with Crippen LogP contribution in [-0.4, -0.2) is 48.3 Å². The van der Waals surface area contributed by atoms with Crippen molar-refractivity contribution in [1.29, 1.82) is 0 Å². The van der Waals surface area contributed by atoms with Gasteiger partial charge in [0, 0.05) is 25.2 Å². The SMILES string of the molecule is C[C@H](O)CN[C@@H]1C[C@@H](C)N(C)C[C@H]1C. The van der Waals surface area contributed by atoms with Crippen LogP contribution in [0.3, 0.4) is 0 Å². The first-order valence-electron chi connectivity index (χ1n) is 5.62. The van der Waals surface area contributed by atoms with E-state index in [1.807, 2.05) is 6.92 Å². The van der Waals surface area contributed by atoms with E-state index in [-0.39, 0.29) is 6.10 Å². The number of nitrogens with one attached hydrogen (secondary N) is 1. The summed E-state index contributed by atoms with van der Waals surface area (Å²) in [5.41, 5.74) is 0. The van der Waals surface area contributed by atoms with E-state index in [1.54, 1.807) is 0 Å². The zero-order valence-electron chi connectivity index (χ0n) is 9.83. The lowest BCUT2D eigenvalue weighted by molar-refractivity contribution is 0.109. The Morgan fingerprint density at radius 2 is 2.14 bits per heavy atom. The van der Waals surface area contributed by atoms with E-state index in [1.165, 1.54) is 6.42 Å². The van der Waals surface area contributed by atoms with Gasteiger partial charge >= 0.3 is 0 Å². The summed E-state index contributed by atoms with van der Waals surface area (Å²) in [4.78, 5) is 2.41. The Morgan fingerprint density at radius 3 is 2.71 bits per heavy atom. The van der Waals surface area contributed by atoms with Gasteiger partial charge in [0.1, 0.15) is 0 Å². The van der Waals surface area contributed by atoms with Crippen LogP contribution in [0, 0.1) is 5.92 Å². The first-order valence-corrected chi connectivity index (χ1v) is 5.62. The summed E-state index contributed by atoms with van der Waals surface area (Å²) >= 11 is 0. The smallest absolute Gasteiger partial charge is 0.0636 e. The molecule has 0 radical (unpaired) electrons. The van der Waals surface area contributed by atoms with Crippen LogP contribution < -0.4 is 5.32 Å². The van der Waals surface area contributed by atoms with Gasteiger partial charge in [-0.2, -0.15) is 0 Å². The third-order valence-electron chi connectivity index (χ3n) is 3.29. The molecular formula is C11H24N2O. The number of piperidine rings is 1. The highest BCUT2D eigenvalue weighted by Gasteiger charge is 2.28. The summed E-state index contributed by atoms with van der Waals surface area (Å²) in [6, 6.07) is 1.22. The zero-order valence-corrected chi connectivity index (χ0v) is 9.83. The molecular weight excluding hydrogens is 176 g/mol. The molecule has 2 N–H and O–H groups in total. The largest absolute Gasteiger partial charge is 0.392 e. The van der Waals surface area contributed by atoms with Crippen molar-refractivity contribution < 1.29 is 5.11 Å². The first-order chi connectivity index (χ1) is 6.50. The van der Waals surface area contributed by atoms with Gasteiger partial charge in [-0.25, -0.2) is 0 Å². The summed E-state index contributed by atoms with van der Waals surface area (Å²) in [6.45, 7) is 8.24. The minimum atomic E-state index is -0.239. The molecule has 0 bridgehead atoms. The predicted octanol–water partition coefficient (Wildman–Crippen LogP) is 0.686. The molecule has 3 heteroatoms. The highest BCUT2D eigenvalue weighted by molar-refractivity contribution is 4.86. The molecule has 0 aromatic carbocycles. The Kier molecular flexibility index (Phi) is 4.35. The maximum absolute atomic E-state index is 9.21. The molecule has 0 aliphatic carbocycles. The van der Waals surface area contributed by atoms with E-state index in [2.05, 4.69) is 31.1 Å². The molecule has 1 saturated heterocycles. The molecule has 1 fully saturated rings. The van der Waals surface area contributed by atoms with Crippen molar-refractivity contribution in [3.8, 4) is 0 Å². The minimum absolute atomic E-state index is 0.239. The Morgan fingerprint density at radius 1 is 1.50 bits per heavy atom. The van der Waals surface area contributed by atoms with Crippen LogP contribution in [0.25, 0.3) is 0 Å². The molecule has 1 aliphatic rings. The highest BCUT2D eigenvalue weighted by Crippen LogP contribution is 2.20. The molecule has 0 aromatic rings. The lowest BCUT2D eigenvalue weighted by atomic mass is 9.90. The molecule has 1 heterocycles. The topological polar surface area (TPSA) is 35.5 Å². The van der Waals surface area contributed by atoms with Crippen molar-refractivity contribution in [1.82, 2.24) is 10.2 Å². The van der Waals surface area contributed by atoms with Crippen LogP contribution in [0.15, 0.2) is 0 Å². The van der Waals surface area contributed by atoms with Crippen molar-refractivity contribution in [2.75, 3.05) is 20.1 Å². The predicted molar refractivity (Wildman–Crippen MR) is 59.3 cm³/mol. The molecule has 1 aliphatic heterocycles. The fourth-order valence-electron chi connectivity index (χ4n) is 2.15. The second kappa shape index (κ2) is 5.10. The van der Waals surface area contributed by atoms with Crippen LogP contribution in [0.1, 0.15) is 27.2 Å². The van der Waals surface area contributed by atoms with E-state index in [0.29, 0.717) is 24.5 Å². The average molecular weight is 200 g/mol. The van der Waals surface area contributed by atoms with Crippen LogP contribution in [0.2, 0.25) is 0 Å². The second-order valence-electron chi connectivity index (χ2n) is 4.87. The van der Waals surface area contributed by atoms with Gasteiger partial charge in [-0.15, -0.1) is 0 Å². The van der Waals surface area contributed by atoms with Crippen LogP contribution >= 0.6 is 0 Å². The quantitative estimate of drug-likeness (QED) is 0.703. The third kappa shape index (κ3) is 3.23. The molecule has 3 nitrogen and oxygen atoms in total. The van der Waals surface area contributed by atoms with Crippen molar-refractivity contribution in [3.63, 3.8) is 0 Å². The summed E-state index contributed by atoms with van der Waals surface area (Å²) in [5, 5.41) is 12.7. The first kappa shape index (κ1) is 12.0. The van der Waals surface area contributed by atoms with Crippen molar-refractivity contribution in [2.24, 2.45) is 5.92 Å². The number of hydrogen-bond donors (Lipinski definition) is 2. The van der Waals surface area contributed by atoms with Crippen LogP contribution in [0.4, 0.5) is 0 Å². The summed E-state index contributed by atoms with van der Waals surface area (Å²) < 4.78 is 0. The maximum Gasteiger partial charge on any atom is 0.0636 e. The van der Waals surface area contributed by atoms with Gasteiger partial charge in [0.2, 0.25) is 0 Å². The van der Waals surface area contributed by atoms with Crippen molar-refractivity contribution >= 4 is 0 Å². The van der Waals surface area contributed by atoms with Gasteiger partial charge in [-0.1, -0.05) is 6.92 Å². The molecule has 84 valence electrons. The van der Waals surface area contributed by atoms with Crippen molar-refractivity contribution in [3.05, 3.63) is 0 Å². The molecule has 0 unspecified atom stereocenters. The van der Waals surface area contributed by atoms with E-state index in [4.69, 9.17) is 0 Å². The van der Waals surface area contributed by atoms with Gasteiger partial charge in [-0.05, 0) is 33.2 Å². The van der Waals surface area contributed by atoms with E-state index < -0.39 is 0 Å². The summed E-state index contributed by atoms with van der Waals surface area (Å²) in [5.74, 6) is 0.676. The minimum Gasteiger partial charge on any atom is -0.392 e. The third-order valence-corrected chi connectivity index (χ3v) is 3.29. The number of rotatable bonds is 3. The van der Waals surface area contributed by atoms with E-state index in [9.17, 15) is 5.11 Å². The zero-order chi connectivity index (χ0) is 10.7. The number of likely N-dealkylation sites (tertiary alicyclic amines) is 1. The average Bonchev–Trinajstić information content (AvgIpc) is 2.09. The lowest BCUT2D eigenvalue weighted by Gasteiger charge is -2.40. The van der Waals surface area contributed by atoms with E-state index in [0.717, 1.165) is 6.54 Å². The number of nitrogens with zero attached hydrogens (tertiary/aromatic N) is 1. The summed E-state index contributed by atoms with van der Waals surface area (Å²) in [7, 11) is 2.19. The highest BCUT2D eigenvalue weighted by atomic mass is 16.3. The van der Waals surface area contributed by atoms with Gasteiger partial charge in [0.05, 0.1) is 6.10 Å². The molecule has 1 rings (SSSR count). The van der Waals surface area contributed by atoms with Crippen molar-refractivity contribution in [2.45, 2.75) is 45.4 Å². The van der Waals surface area contributed by atoms with Crippen LogP contribution in [0.5, 0.6) is 0 Å². The Labute approximate surface area is 87.5 Å². The number of hydrogen-bond acceptors (Lipinski definition) is 3.